The molecule has 1 saturated heterocycles. The molecule has 0 aromatic heterocycles. The molecule has 0 spiro atoms. The lowest BCUT2D eigenvalue weighted by Crippen LogP contribution is -2.42. The number of unbranched alkanes of at least 4 members (excludes halogenated alkanes) is 1. The molecule has 0 saturated carbocycles. The van der Waals surface area contributed by atoms with E-state index < -0.39 is 0 Å². The van der Waals surface area contributed by atoms with Crippen LogP contribution in [-0.4, -0.2) is 41.7 Å². The fraction of sp³-hybridized carbons (Fsp3) is 0.900. The lowest BCUT2D eigenvalue weighted by molar-refractivity contribution is -0.132. The van der Waals surface area contributed by atoms with Crippen LogP contribution in [0.4, 0.5) is 0 Å². The summed E-state index contributed by atoms with van der Waals surface area (Å²) in [5.74, 6) is 0.213. The second-order valence-corrected chi connectivity index (χ2v) is 3.90. The van der Waals surface area contributed by atoms with Crippen LogP contribution in [-0.2, 0) is 4.79 Å². The van der Waals surface area contributed by atoms with E-state index in [0.717, 1.165) is 38.8 Å². The van der Waals surface area contributed by atoms with Gasteiger partial charge in [-0.25, -0.2) is 0 Å². The highest BCUT2D eigenvalue weighted by atomic mass is 16.3. The minimum absolute atomic E-state index is 0.179. The molecule has 4 nitrogen and oxygen atoms in total. The Balaban J connectivity index is 2.17. The van der Waals surface area contributed by atoms with Gasteiger partial charge in [0.2, 0.25) is 5.91 Å². The molecule has 1 amide bonds. The maximum absolute atomic E-state index is 11.6. The van der Waals surface area contributed by atoms with E-state index >= 15 is 0 Å². The van der Waals surface area contributed by atoms with Gasteiger partial charge in [-0.2, -0.15) is 0 Å². The summed E-state index contributed by atoms with van der Waals surface area (Å²) < 4.78 is 0. The minimum atomic E-state index is 0.179. The lowest BCUT2D eigenvalue weighted by Gasteiger charge is -2.30. The molecule has 0 aliphatic carbocycles. The van der Waals surface area contributed by atoms with Gasteiger partial charge >= 0.3 is 0 Å². The smallest absolute Gasteiger partial charge is 0.222 e. The Bertz CT molecular complexity index is 177. The van der Waals surface area contributed by atoms with Gasteiger partial charge in [0, 0.05) is 32.2 Å². The first-order valence-electron chi connectivity index (χ1n) is 5.38. The topological polar surface area (TPSA) is 66.6 Å². The molecule has 0 aromatic carbocycles. The summed E-state index contributed by atoms with van der Waals surface area (Å²) in [5.41, 5.74) is 5.75. The quantitative estimate of drug-likeness (QED) is 0.632. The van der Waals surface area contributed by atoms with Crippen LogP contribution < -0.4 is 5.73 Å². The molecule has 1 heterocycles. The second-order valence-electron chi connectivity index (χ2n) is 3.90. The predicted molar refractivity (Wildman–Crippen MR) is 54.7 cm³/mol. The summed E-state index contributed by atoms with van der Waals surface area (Å²) in [5, 5.41) is 8.58. The number of nitrogens with zero attached hydrogens (tertiary/aromatic N) is 1. The van der Waals surface area contributed by atoms with Crippen LogP contribution in [0.15, 0.2) is 0 Å². The van der Waals surface area contributed by atoms with Crippen molar-refractivity contribution in [2.24, 2.45) is 5.73 Å². The largest absolute Gasteiger partial charge is 0.396 e. The van der Waals surface area contributed by atoms with E-state index in [2.05, 4.69) is 0 Å². The average Bonchev–Trinajstić information content (AvgIpc) is 2.19. The van der Waals surface area contributed by atoms with Gasteiger partial charge in [-0.3, -0.25) is 4.79 Å². The first kappa shape index (κ1) is 11.5. The van der Waals surface area contributed by atoms with E-state index in [1.807, 2.05) is 4.90 Å². The van der Waals surface area contributed by atoms with Crippen LogP contribution in [0.5, 0.6) is 0 Å². The third-order valence-corrected chi connectivity index (χ3v) is 2.69. The molecule has 0 radical (unpaired) electrons. The normalized spacial score (nSPS) is 18.6. The first-order valence-corrected chi connectivity index (χ1v) is 5.38. The number of likely N-dealkylation sites (tertiary alicyclic amines) is 1. The maximum Gasteiger partial charge on any atom is 0.222 e. The van der Waals surface area contributed by atoms with Crippen LogP contribution in [0.3, 0.4) is 0 Å². The second kappa shape index (κ2) is 5.98. The SMILES string of the molecule is NC1CCN(C(=O)CCCCO)CC1. The number of aliphatic hydroxyl groups excluding tert-OH is 1. The number of carbonyl (C=O) groups excluding carboxylic acids is 1. The number of hydrogen-bond acceptors (Lipinski definition) is 3. The highest BCUT2D eigenvalue weighted by Gasteiger charge is 2.19. The Labute approximate surface area is 85.1 Å². The van der Waals surface area contributed by atoms with Gasteiger partial charge in [0.25, 0.3) is 0 Å². The Morgan fingerprint density at radius 2 is 2.00 bits per heavy atom. The number of nitrogens with two attached hydrogens (primary N) is 1. The number of aliphatic hydroxyl groups is 1. The van der Waals surface area contributed by atoms with Gasteiger partial charge in [-0.05, 0) is 25.7 Å². The van der Waals surface area contributed by atoms with Crippen molar-refractivity contribution in [2.75, 3.05) is 19.7 Å². The van der Waals surface area contributed by atoms with Crippen molar-refractivity contribution in [1.29, 1.82) is 0 Å². The fourth-order valence-electron chi connectivity index (χ4n) is 1.70. The molecule has 0 bridgehead atoms. The molecule has 1 aliphatic heterocycles. The zero-order valence-corrected chi connectivity index (χ0v) is 8.61. The standard InChI is InChI=1S/C10H20N2O2/c11-9-4-6-12(7-5-9)10(14)3-1-2-8-13/h9,13H,1-8,11H2. The number of hydrogen-bond donors (Lipinski definition) is 2. The van der Waals surface area contributed by atoms with Crippen molar-refractivity contribution in [1.82, 2.24) is 4.90 Å². The van der Waals surface area contributed by atoms with Crippen molar-refractivity contribution < 1.29 is 9.90 Å². The van der Waals surface area contributed by atoms with Crippen molar-refractivity contribution in [3.8, 4) is 0 Å². The van der Waals surface area contributed by atoms with Crippen molar-refractivity contribution in [3.05, 3.63) is 0 Å². The Morgan fingerprint density at radius 1 is 1.36 bits per heavy atom. The fourth-order valence-corrected chi connectivity index (χ4v) is 1.70. The third kappa shape index (κ3) is 3.64. The van der Waals surface area contributed by atoms with Crippen molar-refractivity contribution in [3.63, 3.8) is 0 Å². The van der Waals surface area contributed by atoms with Crippen LogP contribution in [0.1, 0.15) is 32.1 Å². The van der Waals surface area contributed by atoms with E-state index in [-0.39, 0.29) is 18.6 Å². The number of piperidine rings is 1. The number of amides is 1. The van der Waals surface area contributed by atoms with Crippen LogP contribution >= 0.6 is 0 Å². The van der Waals surface area contributed by atoms with Crippen LogP contribution in [0.2, 0.25) is 0 Å². The molecule has 0 atom stereocenters. The molecule has 1 aliphatic rings. The van der Waals surface area contributed by atoms with E-state index in [0.29, 0.717) is 6.42 Å². The third-order valence-electron chi connectivity index (χ3n) is 2.69. The van der Waals surface area contributed by atoms with E-state index in [9.17, 15) is 4.79 Å². The summed E-state index contributed by atoms with van der Waals surface area (Å²) in [7, 11) is 0. The molecular formula is C10H20N2O2. The summed E-state index contributed by atoms with van der Waals surface area (Å²) in [6.07, 6.45) is 3.92. The summed E-state index contributed by atoms with van der Waals surface area (Å²) in [6, 6.07) is 0.275. The number of carbonyl (C=O) groups is 1. The van der Waals surface area contributed by atoms with E-state index in [1.54, 1.807) is 0 Å². The van der Waals surface area contributed by atoms with Gasteiger partial charge in [0.1, 0.15) is 0 Å². The van der Waals surface area contributed by atoms with Gasteiger partial charge in [0.15, 0.2) is 0 Å². The summed E-state index contributed by atoms with van der Waals surface area (Å²) in [4.78, 5) is 13.5. The molecule has 82 valence electrons. The van der Waals surface area contributed by atoms with Crippen molar-refractivity contribution >= 4 is 5.91 Å². The zero-order chi connectivity index (χ0) is 10.4. The lowest BCUT2D eigenvalue weighted by atomic mass is 10.1. The number of rotatable bonds is 4. The molecule has 0 unspecified atom stereocenters. The molecule has 3 N–H and O–H groups in total. The highest BCUT2D eigenvalue weighted by molar-refractivity contribution is 5.76. The zero-order valence-electron chi connectivity index (χ0n) is 8.61. The van der Waals surface area contributed by atoms with Crippen LogP contribution in [0.25, 0.3) is 0 Å². The highest BCUT2D eigenvalue weighted by Crippen LogP contribution is 2.10. The summed E-state index contributed by atoms with van der Waals surface area (Å²) >= 11 is 0. The maximum atomic E-state index is 11.6. The van der Waals surface area contributed by atoms with Gasteiger partial charge in [-0.1, -0.05) is 0 Å². The molecule has 1 fully saturated rings. The molecule has 14 heavy (non-hydrogen) atoms. The average molecular weight is 200 g/mol. The minimum Gasteiger partial charge on any atom is -0.396 e. The van der Waals surface area contributed by atoms with E-state index in [1.165, 1.54) is 0 Å². The molecule has 1 rings (SSSR count). The Morgan fingerprint density at radius 3 is 2.57 bits per heavy atom. The molecule has 0 aromatic rings. The van der Waals surface area contributed by atoms with Gasteiger partial charge in [0.05, 0.1) is 0 Å². The summed E-state index contributed by atoms with van der Waals surface area (Å²) in [6.45, 7) is 1.79. The molecule has 4 heteroatoms. The Kier molecular flexibility index (Phi) is 4.90. The van der Waals surface area contributed by atoms with Crippen LogP contribution in [0, 0.1) is 0 Å². The Hall–Kier alpha value is -0.610. The molecular weight excluding hydrogens is 180 g/mol. The van der Waals surface area contributed by atoms with Gasteiger partial charge in [-0.15, -0.1) is 0 Å². The van der Waals surface area contributed by atoms with Gasteiger partial charge < -0.3 is 15.7 Å². The monoisotopic (exact) mass is 200 g/mol. The first-order chi connectivity index (χ1) is 6.74. The van der Waals surface area contributed by atoms with Crippen molar-refractivity contribution in [2.45, 2.75) is 38.1 Å². The van der Waals surface area contributed by atoms with E-state index in [4.69, 9.17) is 10.8 Å². The predicted octanol–water partition coefficient (Wildman–Crippen LogP) is 0.0987.